The van der Waals surface area contributed by atoms with Crippen molar-refractivity contribution in [1.82, 2.24) is 4.57 Å². The summed E-state index contributed by atoms with van der Waals surface area (Å²) < 4.78 is 39.7. The fourth-order valence-electron chi connectivity index (χ4n) is 2.10. The highest BCUT2D eigenvalue weighted by Crippen LogP contribution is 2.31. The lowest BCUT2D eigenvalue weighted by molar-refractivity contribution is -0.137. The van der Waals surface area contributed by atoms with E-state index in [0.717, 1.165) is 24.4 Å². The Hall–Kier alpha value is -2.57. The summed E-state index contributed by atoms with van der Waals surface area (Å²) in [6, 6.07) is 5.59. The lowest BCUT2D eigenvalue weighted by Crippen LogP contribution is -2.18. The molecule has 1 N–H and O–H groups in total. The monoisotopic (exact) mass is 311 g/mol. The molecule has 1 heterocycles. The summed E-state index contributed by atoms with van der Waals surface area (Å²) in [5, 5.41) is 8.94. The lowest BCUT2D eigenvalue weighted by atomic mass is 10.1. The standard InChI is InChI=1S/C15H12F3NO3/c1-2-19-8-11(14(21)22)13(20)7-12(19)9-4-3-5-10(6-9)15(16,17)18/h3-8H,2H2,1H3,(H,21,22). The predicted molar refractivity (Wildman–Crippen MR) is 73.8 cm³/mol. The van der Waals surface area contributed by atoms with Crippen LogP contribution in [0.25, 0.3) is 11.3 Å². The Kier molecular flexibility index (Phi) is 4.07. The zero-order valence-electron chi connectivity index (χ0n) is 11.5. The number of rotatable bonds is 3. The fraction of sp³-hybridized carbons (Fsp3) is 0.200. The Bertz CT molecular complexity index is 778. The van der Waals surface area contributed by atoms with Crippen molar-refractivity contribution in [3.05, 3.63) is 57.9 Å². The van der Waals surface area contributed by atoms with Gasteiger partial charge in [-0.1, -0.05) is 12.1 Å². The molecule has 0 amide bonds. The summed E-state index contributed by atoms with van der Waals surface area (Å²) in [6.45, 7) is 2.01. The number of carbonyl (C=O) groups is 1. The zero-order chi connectivity index (χ0) is 16.5. The minimum atomic E-state index is -4.49. The van der Waals surface area contributed by atoms with Gasteiger partial charge in [0.25, 0.3) is 0 Å². The van der Waals surface area contributed by atoms with E-state index in [1.165, 1.54) is 16.7 Å². The molecule has 116 valence electrons. The normalized spacial score (nSPS) is 11.5. The predicted octanol–water partition coefficient (Wildman–Crippen LogP) is 3.25. The molecule has 0 bridgehead atoms. The number of aromatic nitrogens is 1. The SMILES string of the molecule is CCn1cc(C(=O)O)c(=O)cc1-c1cccc(C(F)(F)F)c1. The molecule has 0 saturated heterocycles. The van der Waals surface area contributed by atoms with Crippen molar-refractivity contribution < 1.29 is 23.1 Å². The highest BCUT2D eigenvalue weighted by molar-refractivity contribution is 5.87. The molecule has 0 aliphatic carbocycles. The summed E-state index contributed by atoms with van der Waals surface area (Å²) in [7, 11) is 0. The number of carboxylic acids is 1. The van der Waals surface area contributed by atoms with Crippen LogP contribution in [0.3, 0.4) is 0 Å². The Balaban J connectivity index is 2.65. The first kappa shape index (κ1) is 15.8. The van der Waals surface area contributed by atoms with E-state index in [1.807, 2.05) is 0 Å². The van der Waals surface area contributed by atoms with Crippen molar-refractivity contribution in [2.75, 3.05) is 0 Å². The second kappa shape index (κ2) is 5.67. The molecule has 0 fully saturated rings. The highest BCUT2D eigenvalue weighted by Gasteiger charge is 2.30. The first-order valence-corrected chi connectivity index (χ1v) is 6.39. The average molecular weight is 311 g/mol. The van der Waals surface area contributed by atoms with Crippen molar-refractivity contribution >= 4 is 5.97 Å². The number of aromatic carboxylic acids is 1. The Morgan fingerprint density at radius 1 is 1.27 bits per heavy atom. The average Bonchev–Trinajstić information content (AvgIpc) is 2.46. The topological polar surface area (TPSA) is 59.3 Å². The second-order valence-corrected chi connectivity index (χ2v) is 4.61. The largest absolute Gasteiger partial charge is 0.477 e. The Labute approximate surface area is 123 Å². The molecule has 2 aromatic rings. The number of benzene rings is 1. The van der Waals surface area contributed by atoms with Crippen LogP contribution in [0.5, 0.6) is 0 Å². The number of hydrogen-bond acceptors (Lipinski definition) is 2. The molecule has 7 heteroatoms. The Morgan fingerprint density at radius 3 is 2.50 bits per heavy atom. The lowest BCUT2D eigenvalue weighted by Gasteiger charge is -2.14. The van der Waals surface area contributed by atoms with Crippen LogP contribution < -0.4 is 5.43 Å². The first-order valence-electron chi connectivity index (χ1n) is 6.39. The van der Waals surface area contributed by atoms with Gasteiger partial charge in [-0.15, -0.1) is 0 Å². The van der Waals surface area contributed by atoms with Gasteiger partial charge in [-0.3, -0.25) is 4.79 Å². The van der Waals surface area contributed by atoms with Crippen LogP contribution in [0.2, 0.25) is 0 Å². The van der Waals surface area contributed by atoms with E-state index in [9.17, 15) is 22.8 Å². The van der Waals surface area contributed by atoms with Gasteiger partial charge in [0.1, 0.15) is 5.56 Å². The van der Waals surface area contributed by atoms with Gasteiger partial charge in [0.15, 0.2) is 5.43 Å². The third kappa shape index (κ3) is 3.03. The van der Waals surface area contributed by atoms with Crippen LogP contribution in [0, 0.1) is 0 Å². The van der Waals surface area contributed by atoms with Crippen molar-refractivity contribution in [1.29, 1.82) is 0 Å². The molecule has 2 rings (SSSR count). The minimum absolute atomic E-state index is 0.200. The van der Waals surface area contributed by atoms with Gasteiger partial charge >= 0.3 is 12.1 Å². The molecule has 1 aromatic heterocycles. The van der Waals surface area contributed by atoms with E-state index in [-0.39, 0.29) is 11.3 Å². The van der Waals surface area contributed by atoms with E-state index in [1.54, 1.807) is 6.92 Å². The van der Waals surface area contributed by atoms with Crippen LogP contribution in [-0.4, -0.2) is 15.6 Å². The van der Waals surface area contributed by atoms with Gasteiger partial charge in [0, 0.05) is 18.8 Å². The quantitative estimate of drug-likeness (QED) is 0.946. The van der Waals surface area contributed by atoms with Gasteiger partial charge in [-0.25, -0.2) is 4.79 Å². The molecule has 0 spiro atoms. The molecule has 0 saturated carbocycles. The van der Waals surface area contributed by atoms with Crippen molar-refractivity contribution in [3.63, 3.8) is 0 Å². The summed E-state index contributed by atoms with van der Waals surface area (Å²) >= 11 is 0. The number of hydrogen-bond donors (Lipinski definition) is 1. The molecule has 0 unspecified atom stereocenters. The van der Waals surface area contributed by atoms with E-state index < -0.39 is 28.7 Å². The molecule has 1 aromatic carbocycles. The molecule has 0 radical (unpaired) electrons. The van der Waals surface area contributed by atoms with E-state index in [4.69, 9.17) is 5.11 Å². The van der Waals surface area contributed by atoms with E-state index >= 15 is 0 Å². The molecule has 4 nitrogen and oxygen atoms in total. The second-order valence-electron chi connectivity index (χ2n) is 4.61. The molecule has 0 aliphatic heterocycles. The third-order valence-electron chi connectivity index (χ3n) is 3.18. The molecule has 0 aliphatic rings. The van der Waals surface area contributed by atoms with Crippen LogP contribution in [-0.2, 0) is 12.7 Å². The Morgan fingerprint density at radius 2 is 1.95 bits per heavy atom. The summed E-state index contributed by atoms with van der Waals surface area (Å²) in [5.41, 5.74) is -1.56. The maximum Gasteiger partial charge on any atom is 0.416 e. The zero-order valence-corrected chi connectivity index (χ0v) is 11.5. The van der Waals surface area contributed by atoms with E-state index in [2.05, 4.69) is 0 Å². The first-order chi connectivity index (χ1) is 10.2. The molecular weight excluding hydrogens is 299 g/mol. The van der Waals surface area contributed by atoms with Crippen molar-refractivity contribution in [2.24, 2.45) is 0 Å². The minimum Gasteiger partial charge on any atom is -0.477 e. The summed E-state index contributed by atoms with van der Waals surface area (Å²) in [6.07, 6.45) is -3.35. The molecular formula is C15H12F3NO3. The smallest absolute Gasteiger partial charge is 0.416 e. The van der Waals surface area contributed by atoms with Gasteiger partial charge in [-0.05, 0) is 24.6 Å². The number of nitrogens with zero attached hydrogens (tertiary/aromatic N) is 1. The van der Waals surface area contributed by atoms with Crippen LogP contribution in [0.15, 0.2) is 41.3 Å². The number of carboxylic acid groups (broad SMARTS) is 1. The van der Waals surface area contributed by atoms with Gasteiger partial charge < -0.3 is 9.67 Å². The van der Waals surface area contributed by atoms with Gasteiger partial charge in [-0.2, -0.15) is 13.2 Å². The number of alkyl halides is 3. The van der Waals surface area contributed by atoms with Crippen LogP contribution >= 0.6 is 0 Å². The highest BCUT2D eigenvalue weighted by atomic mass is 19.4. The number of halogens is 3. The number of pyridine rings is 1. The maximum atomic E-state index is 12.8. The third-order valence-corrected chi connectivity index (χ3v) is 3.18. The van der Waals surface area contributed by atoms with Crippen LogP contribution in [0.4, 0.5) is 13.2 Å². The van der Waals surface area contributed by atoms with Crippen molar-refractivity contribution in [3.8, 4) is 11.3 Å². The van der Waals surface area contributed by atoms with Crippen LogP contribution in [0.1, 0.15) is 22.8 Å². The summed E-state index contributed by atoms with van der Waals surface area (Å²) in [5.74, 6) is -1.37. The van der Waals surface area contributed by atoms with Crippen molar-refractivity contribution in [2.45, 2.75) is 19.6 Å². The maximum absolute atomic E-state index is 12.8. The molecule has 0 atom stereocenters. The summed E-state index contributed by atoms with van der Waals surface area (Å²) in [4.78, 5) is 22.7. The van der Waals surface area contributed by atoms with E-state index in [0.29, 0.717) is 6.54 Å². The fourth-order valence-corrected chi connectivity index (χ4v) is 2.10. The van der Waals surface area contributed by atoms with Gasteiger partial charge in [0.05, 0.1) is 11.3 Å². The number of aryl methyl sites for hydroxylation is 1. The molecule has 22 heavy (non-hydrogen) atoms. The van der Waals surface area contributed by atoms with Gasteiger partial charge in [0.2, 0.25) is 0 Å².